The van der Waals surface area contributed by atoms with Crippen molar-refractivity contribution in [1.82, 2.24) is 0 Å². The molecule has 0 aromatic carbocycles. The van der Waals surface area contributed by atoms with E-state index in [-0.39, 0.29) is 23.3 Å². The minimum atomic E-state index is -0.123. The van der Waals surface area contributed by atoms with Crippen molar-refractivity contribution in [2.24, 2.45) is 0 Å². The third-order valence-electron chi connectivity index (χ3n) is 2.13. The van der Waals surface area contributed by atoms with Gasteiger partial charge in [-0.3, -0.25) is 0 Å². The van der Waals surface area contributed by atoms with E-state index < -0.39 is 0 Å². The molecule has 0 aromatic heterocycles. The van der Waals surface area contributed by atoms with E-state index >= 15 is 0 Å². The monoisotopic (exact) mass is 254 g/mol. The Bertz CT molecular complexity index is 155. The van der Waals surface area contributed by atoms with Crippen molar-refractivity contribution in [2.75, 3.05) is 27.9 Å². The zero-order valence-corrected chi connectivity index (χ0v) is 9.61. The van der Waals surface area contributed by atoms with Crippen LogP contribution in [0.4, 0.5) is 0 Å². The highest BCUT2D eigenvalue weighted by Crippen LogP contribution is 2.29. The van der Waals surface area contributed by atoms with E-state index in [1.165, 1.54) is 0 Å². The molecule has 1 fully saturated rings. The lowest BCUT2D eigenvalue weighted by atomic mass is 10.1. The van der Waals surface area contributed by atoms with Crippen molar-refractivity contribution >= 4 is 15.9 Å². The number of methoxy groups -OCH3 is 3. The standard InChI is InChI=1S/C8H15BrO4/c1-10-4-5-6(11-2)7(12-3)8(9)13-5/h5-8H,4H2,1-3H3/t5-,6?,7?,8-/m1/s1. The second kappa shape index (κ2) is 5.26. The Balaban J connectivity index is 2.57. The van der Waals surface area contributed by atoms with Gasteiger partial charge in [0, 0.05) is 21.3 Å². The number of rotatable bonds is 4. The van der Waals surface area contributed by atoms with Crippen LogP contribution in [0, 0.1) is 0 Å². The maximum Gasteiger partial charge on any atom is 0.141 e. The molecule has 0 amide bonds. The summed E-state index contributed by atoms with van der Waals surface area (Å²) in [5.41, 5.74) is 0. The smallest absolute Gasteiger partial charge is 0.141 e. The number of ether oxygens (including phenoxy) is 4. The molecule has 0 bridgehead atoms. The lowest BCUT2D eigenvalue weighted by Gasteiger charge is -2.19. The number of hydrogen-bond donors (Lipinski definition) is 0. The molecule has 1 rings (SSSR count). The normalized spacial score (nSPS) is 39.7. The summed E-state index contributed by atoms with van der Waals surface area (Å²) < 4.78 is 21.1. The zero-order chi connectivity index (χ0) is 9.84. The second-order valence-electron chi connectivity index (χ2n) is 2.88. The van der Waals surface area contributed by atoms with Gasteiger partial charge in [-0.2, -0.15) is 0 Å². The predicted octanol–water partition coefficient (Wildman–Crippen LogP) is 0.783. The Labute approximate surface area is 86.6 Å². The molecule has 0 N–H and O–H groups in total. The third kappa shape index (κ3) is 2.41. The molecule has 1 heterocycles. The lowest BCUT2D eigenvalue weighted by molar-refractivity contribution is -0.0462. The molecule has 0 aliphatic carbocycles. The Morgan fingerprint density at radius 1 is 1.15 bits per heavy atom. The minimum absolute atomic E-state index is 0.0654. The first-order valence-electron chi connectivity index (χ1n) is 4.08. The van der Waals surface area contributed by atoms with E-state index in [9.17, 15) is 0 Å². The van der Waals surface area contributed by atoms with Crippen molar-refractivity contribution in [2.45, 2.75) is 23.3 Å². The Hall–Kier alpha value is 0.320. The Morgan fingerprint density at radius 3 is 2.23 bits per heavy atom. The highest BCUT2D eigenvalue weighted by Gasteiger charge is 2.43. The van der Waals surface area contributed by atoms with Crippen LogP contribution in [0.25, 0.3) is 0 Å². The summed E-state index contributed by atoms with van der Waals surface area (Å²) in [7, 11) is 4.93. The maximum atomic E-state index is 5.55. The molecular formula is C8H15BrO4. The summed E-state index contributed by atoms with van der Waals surface area (Å²) in [5, 5.41) is -0.123. The fourth-order valence-electron chi connectivity index (χ4n) is 1.51. The first kappa shape index (κ1) is 11.4. The van der Waals surface area contributed by atoms with Gasteiger partial charge < -0.3 is 18.9 Å². The van der Waals surface area contributed by atoms with Gasteiger partial charge in [0.2, 0.25) is 0 Å². The van der Waals surface area contributed by atoms with Crippen LogP contribution in [0.2, 0.25) is 0 Å². The van der Waals surface area contributed by atoms with Gasteiger partial charge in [-0.05, 0) is 0 Å². The maximum absolute atomic E-state index is 5.55. The predicted molar refractivity (Wildman–Crippen MR) is 51.1 cm³/mol. The van der Waals surface area contributed by atoms with Crippen molar-refractivity contribution in [1.29, 1.82) is 0 Å². The van der Waals surface area contributed by atoms with Gasteiger partial charge in [-0.1, -0.05) is 15.9 Å². The van der Waals surface area contributed by atoms with Crippen molar-refractivity contribution in [3.8, 4) is 0 Å². The summed E-state index contributed by atoms with van der Waals surface area (Å²) in [5.74, 6) is 0. The Kier molecular flexibility index (Phi) is 4.61. The van der Waals surface area contributed by atoms with Crippen molar-refractivity contribution < 1.29 is 18.9 Å². The quantitative estimate of drug-likeness (QED) is 0.696. The molecule has 1 aliphatic rings. The van der Waals surface area contributed by atoms with Crippen LogP contribution in [0.3, 0.4) is 0 Å². The SMILES string of the molecule is COC[C@H]1O[C@@H](Br)C(OC)C1OC. The highest BCUT2D eigenvalue weighted by molar-refractivity contribution is 9.09. The van der Waals surface area contributed by atoms with Crippen LogP contribution in [-0.4, -0.2) is 51.3 Å². The van der Waals surface area contributed by atoms with Gasteiger partial charge in [0.15, 0.2) is 0 Å². The molecule has 78 valence electrons. The zero-order valence-electron chi connectivity index (χ0n) is 8.03. The van der Waals surface area contributed by atoms with Crippen LogP contribution in [-0.2, 0) is 18.9 Å². The van der Waals surface area contributed by atoms with Gasteiger partial charge in [0.05, 0.1) is 6.61 Å². The lowest BCUT2D eigenvalue weighted by Crippen LogP contribution is -2.36. The van der Waals surface area contributed by atoms with Gasteiger partial charge in [0.25, 0.3) is 0 Å². The van der Waals surface area contributed by atoms with Crippen LogP contribution in [0.5, 0.6) is 0 Å². The summed E-state index contributed by atoms with van der Waals surface area (Å²) >= 11 is 3.37. The fourth-order valence-corrected chi connectivity index (χ4v) is 2.30. The second-order valence-corrected chi connectivity index (χ2v) is 3.78. The summed E-state index contributed by atoms with van der Waals surface area (Å²) in [6.45, 7) is 0.514. The average molecular weight is 255 g/mol. The molecule has 4 nitrogen and oxygen atoms in total. The summed E-state index contributed by atoms with van der Waals surface area (Å²) in [4.78, 5) is 0. The van der Waals surface area contributed by atoms with Crippen LogP contribution >= 0.6 is 15.9 Å². The molecule has 0 aromatic rings. The molecule has 2 unspecified atom stereocenters. The molecule has 1 aliphatic heterocycles. The van der Waals surface area contributed by atoms with E-state index in [0.29, 0.717) is 6.61 Å². The van der Waals surface area contributed by atoms with Gasteiger partial charge in [0.1, 0.15) is 23.3 Å². The summed E-state index contributed by atoms with van der Waals surface area (Å²) in [6.07, 6.45) is -0.219. The molecule has 1 saturated heterocycles. The first-order valence-corrected chi connectivity index (χ1v) is 5.00. The van der Waals surface area contributed by atoms with E-state index in [0.717, 1.165) is 0 Å². The minimum Gasteiger partial charge on any atom is -0.382 e. The van der Waals surface area contributed by atoms with E-state index in [1.807, 2.05) is 0 Å². The molecule has 4 atom stereocenters. The molecule has 0 spiro atoms. The molecule has 13 heavy (non-hydrogen) atoms. The third-order valence-corrected chi connectivity index (χ3v) is 2.87. The van der Waals surface area contributed by atoms with Crippen LogP contribution in [0.15, 0.2) is 0 Å². The number of alkyl halides is 1. The average Bonchev–Trinajstić information content (AvgIpc) is 2.41. The number of hydrogen-bond acceptors (Lipinski definition) is 4. The molecular weight excluding hydrogens is 240 g/mol. The highest BCUT2D eigenvalue weighted by atomic mass is 79.9. The number of halogens is 1. The van der Waals surface area contributed by atoms with Crippen LogP contribution in [0.1, 0.15) is 0 Å². The fraction of sp³-hybridized carbons (Fsp3) is 1.00. The van der Waals surface area contributed by atoms with Gasteiger partial charge in [-0.25, -0.2) is 0 Å². The van der Waals surface area contributed by atoms with Gasteiger partial charge in [-0.15, -0.1) is 0 Å². The van der Waals surface area contributed by atoms with E-state index in [4.69, 9.17) is 18.9 Å². The van der Waals surface area contributed by atoms with Crippen LogP contribution < -0.4 is 0 Å². The van der Waals surface area contributed by atoms with Gasteiger partial charge >= 0.3 is 0 Å². The molecule has 0 saturated carbocycles. The summed E-state index contributed by atoms with van der Waals surface area (Å²) in [6, 6.07) is 0. The van der Waals surface area contributed by atoms with Crippen molar-refractivity contribution in [3.05, 3.63) is 0 Å². The van der Waals surface area contributed by atoms with E-state index in [1.54, 1.807) is 21.3 Å². The van der Waals surface area contributed by atoms with E-state index in [2.05, 4.69) is 15.9 Å². The largest absolute Gasteiger partial charge is 0.382 e. The molecule has 5 heteroatoms. The topological polar surface area (TPSA) is 36.9 Å². The first-order chi connectivity index (χ1) is 6.24. The Morgan fingerprint density at radius 2 is 1.77 bits per heavy atom. The van der Waals surface area contributed by atoms with Crippen molar-refractivity contribution in [3.63, 3.8) is 0 Å². The molecule has 0 radical (unpaired) electrons.